The van der Waals surface area contributed by atoms with E-state index in [2.05, 4.69) is 20.4 Å². The van der Waals surface area contributed by atoms with E-state index in [-0.39, 0.29) is 20.9 Å². The number of anilines is 1. The minimum absolute atomic E-state index is 0.0428. The third kappa shape index (κ3) is 5.14. The molecule has 190 valence electrons. The molecule has 12 nitrogen and oxygen atoms in total. The fraction of sp³-hybridized carbons (Fsp3) is 0.263. The first-order chi connectivity index (χ1) is 17.3. The highest BCUT2D eigenvalue weighted by Gasteiger charge is 2.54. The smallest absolute Gasteiger partial charge is 0.353 e. The Bertz CT molecular complexity index is 1290. The molecule has 2 aliphatic rings. The van der Waals surface area contributed by atoms with E-state index in [9.17, 15) is 24.7 Å². The number of nitrogen functional groups attached to an aromatic ring is 1. The number of β-lactam (4-membered cyclic amide) rings is 1. The van der Waals surface area contributed by atoms with Crippen LogP contribution in [0.3, 0.4) is 0 Å². The van der Waals surface area contributed by atoms with Crippen molar-refractivity contribution in [3.8, 4) is 0 Å². The maximum atomic E-state index is 13.0. The van der Waals surface area contributed by atoms with Gasteiger partial charge in [-0.1, -0.05) is 39.9 Å². The van der Waals surface area contributed by atoms with Crippen molar-refractivity contribution < 1.29 is 24.7 Å². The van der Waals surface area contributed by atoms with Gasteiger partial charge >= 0.3 is 5.97 Å². The van der Waals surface area contributed by atoms with E-state index in [1.807, 2.05) is 6.07 Å². The minimum atomic E-state index is -1.26. The van der Waals surface area contributed by atoms with Gasteiger partial charge in [-0.15, -0.1) is 23.5 Å². The average Bonchev–Trinajstić information content (AvgIpc) is 3.19. The fourth-order valence-corrected chi connectivity index (χ4v) is 7.79. The van der Waals surface area contributed by atoms with Gasteiger partial charge in [-0.25, -0.2) is 9.78 Å². The summed E-state index contributed by atoms with van der Waals surface area (Å²) in [4.78, 5) is 49.2. The Morgan fingerprint density at radius 1 is 1.39 bits per heavy atom. The molecule has 36 heavy (non-hydrogen) atoms. The molecular formula is C19H18ClN7O5S4. The number of carboxylic acid groups (broad SMARTS) is 1. The number of amides is 2. The number of nitrogens with two attached hydrogens (primary N) is 2. The molecule has 17 heteroatoms. The van der Waals surface area contributed by atoms with Crippen LogP contribution in [0.2, 0.25) is 4.34 Å². The van der Waals surface area contributed by atoms with Gasteiger partial charge in [-0.2, -0.15) is 0 Å². The molecular weight excluding hydrogens is 570 g/mol. The number of oxime groups is 1. The molecule has 0 bridgehead atoms. The average molecular weight is 588 g/mol. The topological polar surface area (TPSA) is 197 Å². The molecule has 2 aliphatic heterocycles. The lowest BCUT2D eigenvalue weighted by Crippen LogP contribution is -2.71. The van der Waals surface area contributed by atoms with E-state index in [1.54, 1.807) is 12.4 Å². The molecule has 0 unspecified atom stereocenters. The van der Waals surface area contributed by atoms with Crippen LogP contribution in [-0.4, -0.2) is 78.1 Å². The van der Waals surface area contributed by atoms with Crippen molar-refractivity contribution in [1.29, 1.82) is 0 Å². The standard InChI is InChI=1S/C19H18ClN7O5S4/c20-14-10(25-19(22)36-14)11(26-32)15(28)24-12-16(29)27-13(18(30)31)9(6-34-17(12)27)35-8-5-23-3-1-7(8)33-4-2-21/h1,3,5,12,17,32H,2,4,6,21H2,(H2,22,25)(H,24,28)(H,30,31)/b26-11+/t12-,17-/m1/s1. The summed E-state index contributed by atoms with van der Waals surface area (Å²) >= 11 is 11.0. The number of aromatic nitrogens is 2. The number of rotatable bonds is 9. The number of pyridine rings is 1. The number of aliphatic carboxylic acids is 1. The summed E-state index contributed by atoms with van der Waals surface area (Å²) in [7, 11) is 0. The number of carbonyl (C=O) groups is 3. The first kappa shape index (κ1) is 26.6. The summed E-state index contributed by atoms with van der Waals surface area (Å²) in [6, 6.07) is 0.787. The van der Waals surface area contributed by atoms with E-state index in [4.69, 9.17) is 23.1 Å². The largest absolute Gasteiger partial charge is 0.477 e. The summed E-state index contributed by atoms with van der Waals surface area (Å²) < 4.78 is 0.0428. The maximum Gasteiger partial charge on any atom is 0.353 e. The number of carbonyl (C=O) groups excluding carboxylic acids is 2. The molecule has 0 saturated carbocycles. The van der Waals surface area contributed by atoms with E-state index in [0.29, 0.717) is 23.0 Å². The Hall–Kier alpha value is -2.50. The normalized spacial score (nSPS) is 19.7. The Morgan fingerprint density at radius 2 is 2.17 bits per heavy atom. The number of hydrogen-bond donors (Lipinski definition) is 5. The molecule has 2 aromatic rings. The minimum Gasteiger partial charge on any atom is -0.477 e. The van der Waals surface area contributed by atoms with Gasteiger partial charge in [0.25, 0.3) is 11.8 Å². The second-order valence-corrected chi connectivity index (χ2v) is 12.1. The number of fused-ring (bicyclic) bond motifs is 1. The van der Waals surface area contributed by atoms with Gasteiger partial charge in [-0.05, 0) is 6.07 Å². The third-order valence-corrected chi connectivity index (χ3v) is 9.83. The van der Waals surface area contributed by atoms with Crippen LogP contribution in [0.25, 0.3) is 0 Å². The Labute approximate surface area is 225 Å². The molecule has 1 fully saturated rings. The second-order valence-electron chi connectivity index (χ2n) is 7.12. The summed E-state index contributed by atoms with van der Waals surface area (Å²) in [5.74, 6) is -1.80. The van der Waals surface area contributed by atoms with Crippen molar-refractivity contribution in [2.45, 2.75) is 21.2 Å². The number of halogens is 1. The van der Waals surface area contributed by atoms with Crippen LogP contribution in [0, 0.1) is 0 Å². The fourth-order valence-electron chi connectivity index (χ4n) is 3.41. The van der Waals surface area contributed by atoms with Gasteiger partial charge in [0.1, 0.15) is 27.1 Å². The zero-order chi connectivity index (χ0) is 26.0. The van der Waals surface area contributed by atoms with Crippen molar-refractivity contribution in [3.05, 3.63) is 39.1 Å². The summed E-state index contributed by atoms with van der Waals surface area (Å²) in [6.45, 7) is 0.484. The molecule has 4 heterocycles. The van der Waals surface area contributed by atoms with Gasteiger partial charge in [0.15, 0.2) is 10.8 Å². The van der Waals surface area contributed by atoms with Gasteiger partial charge < -0.3 is 27.1 Å². The van der Waals surface area contributed by atoms with Crippen LogP contribution in [0.5, 0.6) is 0 Å². The third-order valence-electron chi connectivity index (χ3n) is 4.92. The zero-order valence-electron chi connectivity index (χ0n) is 18.1. The summed E-state index contributed by atoms with van der Waals surface area (Å²) in [6.07, 6.45) is 3.28. The molecule has 7 N–H and O–H groups in total. The zero-order valence-corrected chi connectivity index (χ0v) is 22.1. The monoisotopic (exact) mass is 587 g/mol. The van der Waals surface area contributed by atoms with E-state index in [1.165, 1.54) is 35.3 Å². The predicted molar refractivity (Wildman–Crippen MR) is 139 cm³/mol. The van der Waals surface area contributed by atoms with Crippen LogP contribution in [0.4, 0.5) is 5.13 Å². The Kier molecular flexibility index (Phi) is 8.31. The highest BCUT2D eigenvalue weighted by molar-refractivity contribution is 8.07. The van der Waals surface area contributed by atoms with E-state index < -0.39 is 34.9 Å². The van der Waals surface area contributed by atoms with Crippen molar-refractivity contribution in [2.75, 3.05) is 23.8 Å². The lowest BCUT2D eigenvalue weighted by Gasteiger charge is -2.49. The van der Waals surface area contributed by atoms with E-state index >= 15 is 0 Å². The number of hydrogen-bond acceptors (Lipinski definition) is 13. The van der Waals surface area contributed by atoms with Gasteiger partial charge in [-0.3, -0.25) is 19.5 Å². The molecule has 2 amide bonds. The number of carboxylic acids is 1. The second kappa shape index (κ2) is 11.3. The molecule has 0 aliphatic carbocycles. The van der Waals surface area contributed by atoms with Crippen LogP contribution >= 0.6 is 58.2 Å². The molecule has 2 aromatic heterocycles. The quantitative estimate of drug-likeness (QED) is 0.0932. The molecule has 0 aromatic carbocycles. The molecule has 2 atom stereocenters. The van der Waals surface area contributed by atoms with Gasteiger partial charge in [0.2, 0.25) is 0 Å². The predicted octanol–water partition coefficient (Wildman–Crippen LogP) is 1.49. The summed E-state index contributed by atoms with van der Waals surface area (Å²) in [5.41, 5.74) is 10.4. The maximum absolute atomic E-state index is 13.0. The SMILES string of the molecule is NCCSc1ccncc1SC1=C(C(=O)O)N2C(=O)[C@@H](NC(=O)/C(=N/O)c3nc(N)sc3Cl)[C@H]2SC1. The summed E-state index contributed by atoms with van der Waals surface area (Å²) in [5, 5.41) is 24.1. The number of nitrogens with one attached hydrogen (secondary N) is 1. The van der Waals surface area contributed by atoms with Crippen LogP contribution in [0.15, 0.2) is 44.0 Å². The number of thioether (sulfide) groups is 3. The Morgan fingerprint density at radius 3 is 2.81 bits per heavy atom. The first-order valence-electron chi connectivity index (χ1n) is 10.1. The van der Waals surface area contributed by atoms with Gasteiger partial charge in [0.05, 0.1) is 0 Å². The van der Waals surface area contributed by atoms with Crippen LogP contribution in [-0.2, 0) is 14.4 Å². The number of thiazole rings is 1. The highest BCUT2D eigenvalue weighted by atomic mass is 35.5. The molecule has 0 spiro atoms. The lowest BCUT2D eigenvalue weighted by atomic mass is 10.0. The molecule has 0 radical (unpaired) electrons. The van der Waals surface area contributed by atoms with Gasteiger partial charge in [0, 0.05) is 45.1 Å². The van der Waals surface area contributed by atoms with Crippen molar-refractivity contribution in [3.63, 3.8) is 0 Å². The Balaban J connectivity index is 1.54. The first-order valence-corrected chi connectivity index (χ1v) is 14.1. The number of nitrogens with zero attached hydrogens (tertiary/aromatic N) is 4. The van der Waals surface area contributed by atoms with Crippen molar-refractivity contribution in [2.24, 2.45) is 10.9 Å². The van der Waals surface area contributed by atoms with E-state index in [0.717, 1.165) is 26.0 Å². The lowest BCUT2D eigenvalue weighted by molar-refractivity contribution is -0.150. The molecule has 4 rings (SSSR count). The van der Waals surface area contributed by atoms with Crippen LogP contribution < -0.4 is 16.8 Å². The van der Waals surface area contributed by atoms with Crippen LogP contribution in [0.1, 0.15) is 5.69 Å². The molecule has 1 saturated heterocycles. The van der Waals surface area contributed by atoms with Crippen molar-refractivity contribution >= 4 is 86.9 Å². The highest BCUT2D eigenvalue weighted by Crippen LogP contribution is 2.46. The van der Waals surface area contributed by atoms with Crippen molar-refractivity contribution in [1.82, 2.24) is 20.2 Å².